The van der Waals surface area contributed by atoms with E-state index in [-0.39, 0.29) is 5.91 Å². The molecule has 0 aliphatic carbocycles. The van der Waals surface area contributed by atoms with Crippen LogP contribution < -0.4 is 5.32 Å². The van der Waals surface area contributed by atoms with Crippen molar-refractivity contribution in [1.82, 2.24) is 10.2 Å². The van der Waals surface area contributed by atoms with Gasteiger partial charge in [0.1, 0.15) is 0 Å². The van der Waals surface area contributed by atoms with Gasteiger partial charge in [0, 0.05) is 18.2 Å². The third-order valence-corrected chi connectivity index (χ3v) is 6.12. The van der Waals surface area contributed by atoms with Crippen molar-refractivity contribution in [3.8, 4) is 11.1 Å². The fourth-order valence-electron chi connectivity index (χ4n) is 4.22. The number of carbonyl (C=O) groups excluding carboxylic acids is 1. The lowest BCUT2D eigenvalue weighted by molar-refractivity contribution is 0.0954. The zero-order chi connectivity index (χ0) is 20.9. The summed E-state index contributed by atoms with van der Waals surface area (Å²) in [6.45, 7) is 3.91. The molecule has 1 atom stereocenters. The van der Waals surface area contributed by atoms with Crippen LogP contribution in [0.1, 0.15) is 45.9 Å². The quantitative estimate of drug-likeness (QED) is 0.603. The van der Waals surface area contributed by atoms with Crippen LogP contribution in [-0.4, -0.2) is 30.9 Å². The third-order valence-electron chi connectivity index (χ3n) is 6.12. The maximum atomic E-state index is 12.5. The maximum absolute atomic E-state index is 12.5. The van der Waals surface area contributed by atoms with E-state index in [0.29, 0.717) is 18.2 Å². The molecular weight excluding hydrogens is 368 g/mol. The van der Waals surface area contributed by atoms with Gasteiger partial charge in [0.15, 0.2) is 0 Å². The Labute approximate surface area is 179 Å². The molecule has 3 nitrogen and oxygen atoms in total. The predicted molar refractivity (Wildman–Crippen MR) is 124 cm³/mol. The minimum Gasteiger partial charge on any atom is -0.352 e. The average molecular weight is 399 g/mol. The molecule has 1 aliphatic heterocycles. The molecule has 1 N–H and O–H groups in total. The van der Waals surface area contributed by atoms with E-state index in [1.165, 1.54) is 41.6 Å². The second-order valence-corrected chi connectivity index (χ2v) is 8.33. The largest absolute Gasteiger partial charge is 0.352 e. The molecule has 3 aromatic rings. The van der Waals surface area contributed by atoms with Crippen LogP contribution in [0, 0.1) is 6.92 Å². The maximum Gasteiger partial charge on any atom is 0.251 e. The number of hydrogen-bond donors (Lipinski definition) is 1. The van der Waals surface area contributed by atoms with Crippen LogP contribution in [0.3, 0.4) is 0 Å². The summed E-state index contributed by atoms with van der Waals surface area (Å²) in [7, 11) is 2.20. The van der Waals surface area contributed by atoms with Gasteiger partial charge in [-0.25, -0.2) is 0 Å². The van der Waals surface area contributed by atoms with E-state index in [0.717, 1.165) is 12.0 Å². The fraction of sp³-hybridized carbons (Fsp3) is 0.296. The Kier molecular flexibility index (Phi) is 6.29. The Bertz CT molecular complexity index is 975. The monoisotopic (exact) mass is 398 g/mol. The summed E-state index contributed by atoms with van der Waals surface area (Å²) < 4.78 is 0. The van der Waals surface area contributed by atoms with Crippen molar-refractivity contribution in [3.63, 3.8) is 0 Å². The van der Waals surface area contributed by atoms with Crippen molar-refractivity contribution in [2.24, 2.45) is 0 Å². The van der Waals surface area contributed by atoms with Gasteiger partial charge < -0.3 is 5.32 Å². The highest BCUT2D eigenvalue weighted by molar-refractivity contribution is 5.94. The van der Waals surface area contributed by atoms with Crippen LogP contribution >= 0.6 is 0 Å². The summed E-state index contributed by atoms with van der Waals surface area (Å²) in [5.74, 6) is -0.0188. The Morgan fingerprint density at radius 2 is 1.57 bits per heavy atom. The van der Waals surface area contributed by atoms with Gasteiger partial charge in [-0.1, -0.05) is 66.2 Å². The van der Waals surface area contributed by atoms with Crippen LogP contribution in [0.5, 0.6) is 0 Å². The highest BCUT2D eigenvalue weighted by Gasteiger charge is 2.22. The van der Waals surface area contributed by atoms with E-state index in [9.17, 15) is 4.79 Å². The number of nitrogens with zero attached hydrogens (tertiary/aromatic N) is 1. The predicted octanol–water partition coefficient (Wildman–Crippen LogP) is 5.40. The van der Waals surface area contributed by atoms with Gasteiger partial charge in [-0.2, -0.15) is 0 Å². The Morgan fingerprint density at radius 3 is 2.17 bits per heavy atom. The van der Waals surface area contributed by atoms with Gasteiger partial charge in [-0.05, 0) is 74.2 Å². The molecule has 1 amide bonds. The highest BCUT2D eigenvalue weighted by Crippen LogP contribution is 2.30. The van der Waals surface area contributed by atoms with Gasteiger partial charge >= 0.3 is 0 Å². The lowest BCUT2D eigenvalue weighted by Crippen LogP contribution is -2.25. The molecule has 1 fully saturated rings. The summed E-state index contributed by atoms with van der Waals surface area (Å²) in [5, 5.41) is 3.04. The third kappa shape index (κ3) is 4.80. The van der Waals surface area contributed by atoms with Crippen LogP contribution in [-0.2, 0) is 6.42 Å². The Balaban J connectivity index is 1.29. The number of rotatable bonds is 6. The van der Waals surface area contributed by atoms with Crippen molar-refractivity contribution in [3.05, 3.63) is 95.1 Å². The lowest BCUT2D eigenvalue weighted by atomic mass is 10.0. The Morgan fingerprint density at radius 1 is 0.933 bits per heavy atom. The molecule has 4 rings (SSSR count). The standard InChI is InChI=1S/C27H30N2O/c1-20-5-9-22(10-6-20)23-13-15-25(16-14-23)27(30)28-18-17-21-7-11-24(12-8-21)26-4-3-19-29(26)2/h5-16,26H,3-4,17-19H2,1-2H3,(H,28,30). The molecule has 1 aliphatic rings. The van der Waals surface area contributed by atoms with Crippen molar-refractivity contribution < 1.29 is 4.79 Å². The number of amides is 1. The average Bonchev–Trinajstić information content (AvgIpc) is 3.21. The SMILES string of the molecule is Cc1ccc(-c2ccc(C(=O)NCCc3ccc(C4CCCN4C)cc3)cc2)cc1. The molecule has 1 heterocycles. The summed E-state index contributed by atoms with van der Waals surface area (Å²) in [6.07, 6.45) is 3.36. The second kappa shape index (κ2) is 9.27. The van der Waals surface area contributed by atoms with Crippen LogP contribution in [0.25, 0.3) is 11.1 Å². The number of nitrogens with one attached hydrogen (secondary N) is 1. The first kappa shape index (κ1) is 20.4. The van der Waals surface area contributed by atoms with Crippen LogP contribution in [0.2, 0.25) is 0 Å². The van der Waals surface area contributed by atoms with Gasteiger partial charge in [-0.3, -0.25) is 9.69 Å². The van der Waals surface area contributed by atoms with Crippen molar-refractivity contribution in [1.29, 1.82) is 0 Å². The smallest absolute Gasteiger partial charge is 0.251 e. The van der Waals surface area contributed by atoms with Crippen molar-refractivity contribution in [2.45, 2.75) is 32.2 Å². The van der Waals surface area contributed by atoms with E-state index in [2.05, 4.69) is 72.7 Å². The molecule has 0 aromatic heterocycles. The molecule has 3 heteroatoms. The fourth-order valence-corrected chi connectivity index (χ4v) is 4.22. The topological polar surface area (TPSA) is 32.3 Å². The van der Waals surface area contributed by atoms with E-state index in [1.54, 1.807) is 0 Å². The first-order valence-corrected chi connectivity index (χ1v) is 10.8. The lowest BCUT2D eigenvalue weighted by Gasteiger charge is -2.20. The van der Waals surface area contributed by atoms with Gasteiger partial charge in [-0.15, -0.1) is 0 Å². The molecule has 0 bridgehead atoms. The molecule has 1 unspecified atom stereocenters. The zero-order valence-electron chi connectivity index (χ0n) is 17.9. The van der Waals surface area contributed by atoms with E-state index < -0.39 is 0 Å². The van der Waals surface area contributed by atoms with Crippen molar-refractivity contribution in [2.75, 3.05) is 20.1 Å². The molecule has 0 spiro atoms. The van der Waals surface area contributed by atoms with Crippen LogP contribution in [0.4, 0.5) is 0 Å². The molecule has 154 valence electrons. The van der Waals surface area contributed by atoms with Crippen LogP contribution in [0.15, 0.2) is 72.8 Å². The van der Waals surface area contributed by atoms with E-state index in [1.807, 2.05) is 24.3 Å². The van der Waals surface area contributed by atoms with Gasteiger partial charge in [0.2, 0.25) is 0 Å². The van der Waals surface area contributed by atoms with E-state index in [4.69, 9.17) is 0 Å². The summed E-state index contributed by atoms with van der Waals surface area (Å²) in [6, 6.07) is 25.7. The molecular formula is C27H30N2O. The first-order chi connectivity index (χ1) is 14.6. The summed E-state index contributed by atoms with van der Waals surface area (Å²) >= 11 is 0. The van der Waals surface area contributed by atoms with Crippen molar-refractivity contribution >= 4 is 5.91 Å². The molecule has 1 saturated heterocycles. The molecule has 30 heavy (non-hydrogen) atoms. The summed E-state index contributed by atoms with van der Waals surface area (Å²) in [4.78, 5) is 14.9. The first-order valence-electron chi connectivity index (χ1n) is 10.8. The number of benzene rings is 3. The Hall–Kier alpha value is -2.91. The zero-order valence-corrected chi connectivity index (χ0v) is 17.9. The van der Waals surface area contributed by atoms with Gasteiger partial charge in [0.05, 0.1) is 0 Å². The van der Waals surface area contributed by atoms with E-state index >= 15 is 0 Å². The summed E-state index contributed by atoms with van der Waals surface area (Å²) in [5.41, 5.74) is 6.89. The molecule has 0 radical (unpaired) electrons. The molecule has 0 saturated carbocycles. The second-order valence-electron chi connectivity index (χ2n) is 8.33. The number of hydrogen-bond acceptors (Lipinski definition) is 2. The normalized spacial score (nSPS) is 16.5. The minimum atomic E-state index is -0.0188. The minimum absolute atomic E-state index is 0.0188. The number of carbonyl (C=O) groups is 1. The number of likely N-dealkylation sites (tertiary alicyclic amines) is 1. The number of aryl methyl sites for hydroxylation is 1. The highest BCUT2D eigenvalue weighted by atomic mass is 16.1. The molecule has 3 aromatic carbocycles. The van der Waals surface area contributed by atoms with Gasteiger partial charge in [0.25, 0.3) is 5.91 Å².